The van der Waals surface area contributed by atoms with Gasteiger partial charge < -0.3 is 21.8 Å². The summed E-state index contributed by atoms with van der Waals surface area (Å²) in [6.07, 6.45) is 11.5. The Hall–Kier alpha value is -4.07. The second kappa shape index (κ2) is 10.7. The van der Waals surface area contributed by atoms with E-state index in [1.807, 2.05) is 12.3 Å². The van der Waals surface area contributed by atoms with Crippen LogP contribution in [0.5, 0.6) is 0 Å². The van der Waals surface area contributed by atoms with E-state index < -0.39 is 23.4 Å². The van der Waals surface area contributed by atoms with Crippen molar-refractivity contribution in [1.29, 1.82) is 0 Å². The van der Waals surface area contributed by atoms with E-state index in [9.17, 15) is 9.18 Å². The molecule has 6 N–H and O–H groups in total. The van der Waals surface area contributed by atoms with Crippen molar-refractivity contribution in [1.82, 2.24) is 25.9 Å². The Labute approximate surface area is 244 Å². The van der Waals surface area contributed by atoms with E-state index in [0.717, 1.165) is 23.1 Å². The molecule has 1 saturated carbocycles. The van der Waals surface area contributed by atoms with Crippen molar-refractivity contribution in [2.24, 2.45) is 11.1 Å². The molecule has 0 spiro atoms. The molecule has 2 aliphatic rings. The van der Waals surface area contributed by atoms with Crippen molar-refractivity contribution in [2.75, 3.05) is 17.2 Å². The Balaban J connectivity index is 1.58. The zero-order chi connectivity index (χ0) is 29.5. The highest BCUT2D eigenvalue weighted by molar-refractivity contribution is 6.35. The summed E-state index contributed by atoms with van der Waals surface area (Å²) in [5.74, 6) is 1.76. The number of hydrazine groups is 2. The number of nitrogens with zero attached hydrogens (tertiary/aromatic N) is 3. The minimum absolute atomic E-state index is 0.00151. The van der Waals surface area contributed by atoms with Crippen molar-refractivity contribution >= 4 is 39.8 Å². The second-order valence-corrected chi connectivity index (χ2v) is 12.2. The minimum Gasteiger partial charge on any atom is -0.383 e. The highest BCUT2D eigenvalue weighted by Gasteiger charge is 2.49. The normalized spacial score (nSPS) is 16.8. The van der Waals surface area contributed by atoms with E-state index in [1.165, 1.54) is 6.07 Å². The Morgan fingerprint density at radius 1 is 1.34 bits per heavy atom. The third kappa shape index (κ3) is 5.47. The second-order valence-electron chi connectivity index (χ2n) is 11.8. The molecule has 1 aliphatic carbocycles. The number of fused-ring (bicyclic) bond motifs is 1. The first-order chi connectivity index (χ1) is 19.4. The van der Waals surface area contributed by atoms with Crippen molar-refractivity contribution in [3.8, 4) is 12.3 Å². The maximum atomic E-state index is 14.0. The van der Waals surface area contributed by atoms with Crippen LogP contribution in [0.3, 0.4) is 0 Å². The van der Waals surface area contributed by atoms with Gasteiger partial charge in [0.25, 0.3) is 0 Å². The van der Waals surface area contributed by atoms with Crippen LogP contribution in [0.2, 0.25) is 5.02 Å². The number of pyridine rings is 2. The van der Waals surface area contributed by atoms with Gasteiger partial charge in [-0.05, 0) is 49.8 Å². The number of hydrogen-bond acceptors (Lipinski definition) is 8. The van der Waals surface area contributed by atoms with Gasteiger partial charge in [0.1, 0.15) is 5.54 Å². The van der Waals surface area contributed by atoms with Gasteiger partial charge in [-0.3, -0.25) is 14.8 Å². The van der Waals surface area contributed by atoms with Crippen LogP contribution in [0.25, 0.3) is 10.9 Å². The number of halogens is 2. The first-order valence-electron chi connectivity index (χ1n) is 13.5. The molecule has 41 heavy (non-hydrogen) atoms. The summed E-state index contributed by atoms with van der Waals surface area (Å²) in [7, 11) is 0. The van der Waals surface area contributed by atoms with Crippen LogP contribution in [0.15, 0.2) is 42.4 Å². The Morgan fingerprint density at radius 3 is 2.71 bits per heavy atom. The molecule has 3 aromatic rings. The number of carbonyl (C=O) groups excluding carboxylic acids is 1. The summed E-state index contributed by atoms with van der Waals surface area (Å²) in [5.41, 5.74) is 15.8. The smallest absolute Gasteiger partial charge is 0.244 e. The highest BCUT2D eigenvalue weighted by atomic mass is 35.5. The lowest BCUT2D eigenvalue weighted by Gasteiger charge is -2.44. The number of rotatable bonds is 8. The number of carbonyl (C=O) groups is 1. The highest BCUT2D eigenvalue weighted by Crippen LogP contribution is 2.40. The number of benzene rings is 1. The lowest BCUT2D eigenvalue weighted by Crippen LogP contribution is -2.63. The number of terminal acetylenes is 1. The topological polar surface area (TPSA) is 120 Å². The van der Waals surface area contributed by atoms with Crippen LogP contribution >= 0.6 is 11.6 Å². The zero-order valence-corrected chi connectivity index (χ0v) is 24.3. The van der Waals surface area contributed by atoms with Crippen LogP contribution < -0.4 is 27.3 Å². The van der Waals surface area contributed by atoms with E-state index in [1.54, 1.807) is 30.3 Å². The molecule has 5 rings (SSSR count). The molecule has 1 fully saturated rings. The van der Waals surface area contributed by atoms with Crippen LogP contribution in [0.4, 0.5) is 15.8 Å². The van der Waals surface area contributed by atoms with Gasteiger partial charge in [-0.15, -0.1) is 12.0 Å². The molecule has 214 valence electrons. The van der Waals surface area contributed by atoms with E-state index in [-0.39, 0.29) is 5.41 Å². The summed E-state index contributed by atoms with van der Waals surface area (Å²) in [6.45, 7) is 8.82. The molecule has 0 saturated heterocycles. The Bertz CT molecular complexity index is 1590. The van der Waals surface area contributed by atoms with Gasteiger partial charge in [-0.25, -0.2) is 4.98 Å². The molecular formula is C30H34ClFN8O. The van der Waals surface area contributed by atoms with Crippen LogP contribution in [0.1, 0.15) is 62.9 Å². The molecule has 0 bridgehead atoms. The predicted molar refractivity (Wildman–Crippen MR) is 160 cm³/mol. The summed E-state index contributed by atoms with van der Waals surface area (Å²) in [6, 6.07) is 6.21. The molecule has 1 aliphatic heterocycles. The van der Waals surface area contributed by atoms with E-state index in [2.05, 4.69) is 58.3 Å². The van der Waals surface area contributed by atoms with Crippen molar-refractivity contribution in [2.45, 2.75) is 58.5 Å². The summed E-state index contributed by atoms with van der Waals surface area (Å²) in [4.78, 5) is 20.9. The first kappa shape index (κ1) is 28.5. The average molecular weight is 577 g/mol. The molecule has 9 nitrogen and oxygen atoms in total. The Morgan fingerprint density at radius 2 is 2.10 bits per heavy atom. The molecule has 1 atom stereocenters. The lowest BCUT2D eigenvalue weighted by molar-refractivity contribution is -0.136. The molecule has 0 radical (unpaired) electrons. The van der Waals surface area contributed by atoms with Gasteiger partial charge in [0.05, 0.1) is 33.5 Å². The molecule has 2 aromatic heterocycles. The van der Waals surface area contributed by atoms with Gasteiger partial charge >= 0.3 is 0 Å². The van der Waals surface area contributed by atoms with E-state index in [0.29, 0.717) is 52.6 Å². The van der Waals surface area contributed by atoms with Gasteiger partial charge in [0, 0.05) is 41.3 Å². The number of primary amides is 1. The molecule has 1 amide bonds. The van der Waals surface area contributed by atoms with Gasteiger partial charge in [-0.2, -0.15) is 4.39 Å². The fraction of sp³-hybridized carbons (Fsp3) is 0.367. The number of nitrogens with one attached hydrogen (secondary N) is 4. The molecule has 11 heteroatoms. The minimum atomic E-state index is -0.813. The zero-order valence-electron chi connectivity index (χ0n) is 23.5. The maximum absolute atomic E-state index is 14.0. The first-order valence-corrected chi connectivity index (χ1v) is 13.8. The number of aromatic nitrogens is 2. The van der Waals surface area contributed by atoms with Crippen LogP contribution in [-0.2, 0) is 4.79 Å². The lowest BCUT2D eigenvalue weighted by atomic mass is 9.75. The maximum Gasteiger partial charge on any atom is 0.244 e. The number of nitrogens with two attached hydrogens (primary N) is 1. The third-order valence-corrected chi connectivity index (χ3v) is 7.88. The van der Waals surface area contributed by atoms with Gasteiger partial charge in [0.2, 0.25) is 11.9 Å². The fourth-order valence-electron chi connectivity index (χ4n) is 5.16. The number of aryl methyl sites for hydroxylation is 1. The summed E-state index contributed by atoms with van der Waals surface area (Å²) < 4.78 is 14.0. The average Bonchev–Trinajstić information content (AvgIpc) is 3.34. The van der Waals surface area contributed by atoms with E-state index >= 15 is 0 Å². The largest absolute Gasteiger partial charge is 0.383 e. The summed E-state index contributed by atoms with van der Waals surface area (Å²) in [5, 5.41) is 9.96. The predicted octanol–water partition coefficient (Wildman–Crippen LogP) is 4.90. The van der Waals surface area contributed by atoms with Crippen molar-refractivity contribution in [3.63, 3.8) is 0 Å². The molecular weight excluding hydrogens is 543 g/mol. The van der Waals surface area contributed by atoms with Gasteiger partial charge in [0.15, 0.2) is 0 Å². The molecule has 0 unspecified atom stereocenters. The van der Waals surface area contributed by atoms with Gasteiger partial charge in [-0.1, -0.05) is 44.4 Å². The standard InChI is InChI=1S/C30H34ClFN8O/c1-6-18-14-34-26-21(25(18)35-16-29(3,4)5)12-19(13-22(26)31)37-27(20-8-9-24(32)36-17(20)2)23-15-40(39-38-23)30(28(33)41)10-7-11-30/h1,8-9,12-15,27,37-39H,7,10-11,16H2,2-5H3,(H2,33,41)(H,34,35)/t27-/m0/s1. The number of anilines is 2. The van der Waals surface area contributed by atoms with Crippen molar-refractivity contribution in [3.05, 3.63) is 70.2 Å². The fourth-order valence-corrected chi connectivity index (χ4v) is 5.42. The van der Waals surface area contributed by atoms with E-state index in [4.69, 9.17) is 23.8 Å². The summed E-state index contributed by atoms with van der Waals surface area (Å²) >= 11 is 6.76. The third-order valence-electron chi connectivity index (χ3n) is 7.59. The molecule has 1 aromatic carbocycles. The quantitative estimate of drug-likeness (QED) is 0.190. The Kier molecular flexibility index (Phi) is 7.45. The van der Waals surface area contributed by atoms with Crippen molar-refractivity contribution < 1.29 is 9.18 Å². The SMILES string of the molecule is C#Cc1cnc2c(Cl)cc(N[C@H](C3=CN(C4(C(N)=O)CCC4)NN3)c3ccc(F)nc3C)cc2c1NCC(C)(C)C. The van der Waals surface area contributed by atoms with Crippen LogP contribution in [-0.4, -0.2) is 33.0 Å². The van der Waals surface area contributed by atoms with Crippen LogP contribution in [0, 0.1) is 30.6 Å². The monoisotopic (exact) mass is 576 g/mol. The molecule has 3 heterocycles. The number of amides is 1. The number of hydrogen-bond donors (Lipinski definition) is 5.